The Bertz CT molecular complexity index is 1310. The Balaban J connectivity index is 1.49. The molecule has 10 heteroatoms. The van der Waals surface area contributed by atoms with Crippen LogP contribution in [0.3, 0.4) is 0 Å². The molecular weight excluding hydrogens is 481 g/mol. The lowest BCUT2D eigenvalue weighted by atomic mass is 9.83. The molecule has 0 radical (unpaired) electrons. The molecule has 1 atom stereocenters. The van der Waals surface area contributed by atoms with E-state index < -0.39 is 11.7 Å². The number of ether oxygens (including phenoxy) is 1. The van der Waals surface area contributed by atoms with Crippen molar-refractivity contribution in [2.24, 2.45) is 0 Å². The van der Waals surface area contributed by atoms with Gasteiger partial charge in [0.2, 0.25) is 5.95 Å². The fraction of sp³-hybridized carbons (Fsp3) is 0.208. The van der Waals surface area contributed by atoms with Crippen LogP contribution >= 0.6 is 23.3 Å². The number of alkyl halides is 3. The summed E-state index contributed by atoms with van der Waals surface area (Å²) in [7, 11) is 0. The molecule has 5 nitrogen and oxygen atoms in total. The lowest BCUT2D eigenvalue weighted by Gasteiger charge is -2.28. The molecular formula is C24H19F3N4OS2. The molecule has 1 unspecified atom stereocenters. The van der Waals surface area contributed by atoms with Gasteiger partial charge in [0, 0.05) is 39.7 Å². The Morgan fingerprint density at radius 2 is 1.88 bits per heavy atom. The summed E-state index contributed by atoms with van der Waals surface area (Å²) in [4.78, 5) is 13.7. The molecule has 1 aliphatic rings. The number of anilines is 1. The number of aromatic nitrogens is 3. The molecule has 0 fully saturated rings. The molecule has 0 aliphatic carbocycles. The standard InChI is InChI=1S/C24H19F3N4OS2/c1-14-30-21(13-33-14)20-11-15(24(25,26)27)3-5-17(20)18-7-10-32-22-12-16(4-6-19(18)22)34-31-23-28-8-2-9-29-23/h2-6,8-9,11-13,18H,7,10H2,1H3,(H,28,29,31). The highest BCUT2D eigenvalue weighted by Gasteiger charge is 2.33. The molecule has 0 saturated heterocycles. The van der Waals surface area contributed by atoms with Crippen molar-refractivity contribution in [3.8, 4) is 17.0 Å². The highest BCUT2D eigenvalue weighted by Crippen LogP contribution is 2.44. The number of fused-ring (bicyclic) bond motifs is 1. The number of benzene rings is 2. The maximum absolute atomic E-state index is 13.5. The summed E-state index contributed by atoms with van der Waals surface area (Å²) in [6, 6.07) is 11.6. The summed E-state index contributed by atoms with van der Waals surface area (Å²) < 4.78 is 49.5. The molecule has 0 amide bonds. The van der Waals surface area contributed by atoms with Gasteiger partial charge in [0.05, 0.1) is 22.9 Å². The molecule has 0 saturated carbocycles. The molecule has 1 aliphatic heterocycles. The van der Waals surface area contributed by atoms with Crippen LogP contribution in [0.25, 0.3) is 11.3 Å². The lowest BCUT2D eigenvalue weighted by molar-refractivity contribution is -0.137. The van der Waals surface area contributed by atoms with Gasteiger partial charge < -0.3 is 4.74 Å². The minimum atomic E-state index is -4.42. The Kier molecular flexibility index (Phi) is 6.18. The number of hydrogen-bond acceptors (Lipinski definition) is 7. The monoisotopic (exact) mass is 500 g/mol. The number of nitrogens with one attached hydrogen (secondary N) is 1. The van der Waals surface area contributed by atoms with Crippen molar-refractivity contribution in [2.45, 2.75) is 30.3 Å². The van der Waals surface area contributed by atoms with Gasteiger partial charge in [0.15, 0.2) is 0 Å². The van der Waals surface area contributed by atoms with E-state index >= 15 is 0 Å². The Morgan fingerprint density at radius 3 is 2.62 bits per heavy atom. The molecule has 0 bridgehead atoms. The lowest BCUT2D eigenvalue weighted by Crippen LogP contribution is -2.16. The van der Waals surface area contributed by atoms with E-state index in [-0.39, 0.29) is 5.92 Å². The van der Waals surface area contributed by atoms with Crippen LogP contribution in [0.15, 0.2) is 65.1 Å². The fourth-order valence-electron chi connectivity index (χ4n) is 3.96. The second-order valence-corrected chi connectivity index (χ2v) is 9.66. The van der Waals surface area contributed by atoms with Crippen LogP contribution in [0.2, 0.25) is 0 Å². The largest absolute Gasteiger partial charge is 0.493 e. The number of thiazole rings is 1. The quantitative estimate of drug-likeness (QED) is 0.299. The third kappa shape index (κ3) is 4.74. The van der Waals surface area contributed by atoms with Gasteiger partial charge in [-0.05, 0) is 61.2 Å². The van der Waals surface area contributed by atoms with E-state index in [1.54, 1.807) is 24.5 Å². The minimum Gasteiger partial charge on any atom is -0.493 e. The van der Waals surface area contributed by atoms with Crippen molar-refractivity contribution in [1.29, 1.82) is 0 Å². The molecule has 174 valence electrons. The first kappa shape index (κ1) is 22.7. The number of halogens is 3. The van der Waals surface area contributed by atoms with E-state index in [1.165, 1.54) is 29.4 Å². The third-order valence-electron chi connectivity index (χ3n) is 5.50. The highest BCUT2D eigenvalue weighted by atomic mass is 32.2. The number of nitrogens with zero attached hydrogens (tertiary/aromatic N) is 3. The van der Waals surface area contributed by atoms with Gasteiger partial charge in [0.25, 0.3) is 0 Å². The zero-order chi connectivity index (χ0) is 23.7. The topological polar surface area (TPSA) is 59.9 Å². The van der Waals surface area contributed by atoms with Crippen LogP contribution < -0.4 is 9.46 Å². The first-order chi connectivity index (χ1) is 16.4. The van der Waals surface area contributed by atoms with Crippen molar-refractivity contribution in [1.82, 2.24) is 15.0 Å². The van der Waals surface area contributed by atoms with E-state index in [2.05, 4.69) is 19.7 Å². The van der Waals surface area contributed by atoms with Gasteiger partial charge in [-0.15, -0.1) is 11.3 Å². The second kappa shape index (κ2) is 9.27. The van der Waals surface area contributed by atoms with Gasteiger partial charge in [0.1, 0.15) is 5.75 Å². The molecule has 2 aromatic heterocycles. The van der Waals surface area contributed by atoms with Crippen molar-refractivity contribution in [3.63, 3.8) is 0 Å². The van der Waals surface area contributed by atoms with E-state index in [0.717, 1.165) is 32.8 Å². The predicted molar refractivity (Wildman–Crippen MR) is 127 cm³/mol. The zero-order valence-corrected chi connectivity index (χ0v) is 19.6. The molecule has 1 N–H and O–H groups in total. The average Bonchev–Trinajstić information content (AvgIpc) is 3.28. The first-order valence-corrected chi connectivity index (χ1v) is 12.2. The minimum absolute atomic E-state index is 0.104. The van der Waals surface area contributed by atoms with Crippen molar-refractivity contribution in [2.75, 3.05) is 11.3 Å². The van der Waals surface area contributed by atoms with Crippen LogP contribution in [0.1, 0.15) is 34.0 Å². The average molecular weight is 501 g/mol. The highest BCUT2D eigenvalue weighted by molar-refractivity contribution is 8.00. The van der Waals surface area contributed by atoms with Crippen molar-refractivity contribution < 1.29 is 17.9 Å². The molecule has 2 aromatic carbocycles. The number of rotatable bonds is 5. The molecule has 3 heterocycles. The van der Waals surface area contributed by atoms with Gasteiger partial charge >= 0.3 is 6.18 Å². The van der Waals surface area contributed by atoms with Crippen LogP contribution in [0, 0.1) is 6.92 Å². The number of aryl methyl sites for hydroxylation is 1. The summed E-state index contributed by atoms with van der Waals surface area (Å²) in [6.07, 6.45) is -0.450. The normalized spacial score (nSPS) is 15.5. The van der Waals surface area contributed by atoms with Gasteiger partial charge in [-0.1, -0.05) is 12.1 Å². The molecule has 0 spiro atoms. The molecule has 5 rings (SSSR count). The SMILES string of the molecule is Cc1nc(-c2cc(C(F)(F)F)ccc2C2CCOc3cc(SNc4ncccn4)ccc32)cs1. The third-order valence-corrected chi connectivity index (χ3v) is 7.05. The summed E-state index contributed by atoms with van der Waals surface area (Å²) in [6.45, 7) is 2.32. The van der Waals surface area contributed by atoms with E-state index in [1.807, 2.05) is 30.5 Å². The maximum Gasteiger partial charge on any atom is 0.416 e. The zero-order valence-electron chi connectivity index (χ0n) is 18.0. The molecule has 4 aromatic rings. The summed E-state index contributed by atoms with van der Waals surface area (Å²) >= 11 is 2.78. The fourth-order valence-corrected chi connectivity index (χ4v) is 5.19. The summed E-state index contributed by atoms with van der Waals surface area (Å²) in [5.41, 5.74) is 2.16. The predicted octanol–water partition coefficient (Wildman–Crippen LogP) is 6.96. The van der Waals surface area contributed by atoms with Crippen LogP contribution in [-0.4, -0.2) is 21.6 Å². The number of hydrogen-bond donors (Lipinski definition) is 1. The van der Waals surface area contributed by atoms with Crippen molar-refractivity contribution >= 4 is 29.2 Å². The summed E-state index contributed by atoms with van der Waals surface area (Å²) in [5, 5.41) is 2.62. The van der Waals surface area contributed by atoms with Gasteiger partial charge in [-0.3, -0.25) is 4.72 Å². The van der Waals surface area contributed by atoms with Crippen molar-refractivity contribution in [3.05, 3.63) is 81.9 Å². The molecule has 34 heavy (non-hydrogen) atoms. The second-order valence-electron chi connectivity index (χ2n) is 7.72. The Morgan fingerprint density at radius 1 is 1.09 bits per heavy atom. The van der Waals surface area contributed by atoms with E-state index in [9.17, 15) is 13.2 Å². The Hall–Kier alpha value is -3.11. The van der Waals surface area contributed by atoms with Gasteiger partial charge in [-0.2, -0.15) is 13.2 Å². The maximum atomic E-state index is 13.5. The van der Waals surface area contributed by atoms with Crippen LogP contribution in [0.5, 0.6) is 5.75 Å². The smallest absolute Gasteiger partial charge is 0.416 e. The first-order valence-electron chi connectivity index (χ1n) is 10.5. The Labute approximate surface area is 202 Å². The van der Waals surface area contributed by atoms with Crippen LogP contribution in [0.4, 0.5) is 19.1 Å². The van der Waals surface area contributed by atoms with Gasteiger partial charge in [-0.25, -0.2) is 15.0 Å². The van der Waals surface area contributed by atoms with E-state index in [0.29, 0.717) is 30.2 Å². The van der Waals surface area contributed by atoms with E-state index in [4.69, 9.17) is 4.74 Å². The summed E-state index contributed by atoms with van der Waals surface area (Å²) in [5.74, 6) is 1.11. The van der Waals surface area contributed by atoms with Crippen LogP contribution in [-0.2, 0) is 6.18 Å².